The van der Waals surface area contributed by atoms with Crippen LogP contribution in [-0.4, -0.2) is 24.8 Å². The van der Waals surface area contributed by atoms with Crippen LogP contribution in [0.5, 0.6) is 11.5 Å². The lowest BCUT2D eigenvalue weighted by molar-refractivity contribution is -0.123. The summed E-state index contributed by atoms with van der Waals surface area (Å²) in [4.78, 5) is 11.7. The van der Waals surface area contributed by atoms with Crippen molar-refractivity contribution in [2.45, 2.75) is 20.0 Å². The van der Waals surface area contributed by atoms with Crippen molar-refractivity contribution in [3.8, 4) is 11.5 Å². The fourth-order valence-electron chi connectivity index (χ4n) is 1.85. The van der Waals surface area contributed by atoms with Crippen LogP contribution in [0.25, 0.3) is 0 Å². The first-order valence-corrected chi connectivity index (χ1v) is 8.36. The summed E-state index contributed by atoms with van der Waals surface area (Å²) in [5, 5.41) is 4.72. The van der Waals surface area contributed by atoms with E-state index in [-0.39, 0.29) is 12.7 Å². The summed E-state index contributed by atoms with van der Waals surface area (Å²) in [7, 11) is 0. The van der Waals surface area contributed by atoms with Crippen LogP contribution in [0, 0.1) is 0 Å². The van der Waals surface area contributed by atoms with E-state index in [2.05, 4.69) is 10.5 Å². The first-order valence-electron chi connectivity index (χ1n) is 7.60. The van der Waals surface area contributed by atoms with E-state index in [0.29, 0.717) is 15.8 Å². The third kappa shape index (κ3) is 6.64. The predicted octanol–water partition coefficient (Wildman–Crippen LogP) is 4.31. The van der Waals surface area contributed by atoms with Crippen LogP contribution in [0.15, 0.2) is 47.6 Å². The van der Waals surface area contributed by atoms with Gasteiger partial charge in [-0.05, 0) is 61.9 Å². The van der Waals surface area contributed by atoms with Gasteiger partial charge in [0.15, 0.2) is 6.61 Å². The second-order valence-electron chi connectivity index (χ2n) is 5.39. The fourth-order valence-corrected chi connectivity index (χ4v) is 2.31. The lowest BCUT2D eigenvalue weighted by atomic mass is 10.2. The number of nitrogens with zero attached hydrogens (tertiary/aromatic N) is 1. The topological polar surface area (TPSA) is 59.9 Å². The van der Waals surface area contributed by atoms with E-state index in [1.165, 1.54) is 6.21 Å². The van der Waals surface area contributed by atoms with Gasteiger partial charge < -0.3 is 9.47 Å². The zero-order chi connectivity index (χ0) is 18.2. The average Bonchev–Trinajstić information content (AvgIpc) is 2.55. The maximum Gasteiger partial charge on any atom is 0.277 e. The number of carbonyl (C=O) groups excluding carboxylic acids is 1. The van der Waals surface area contributed by atoms with Crippen LogP contribution in [0.2, 0.25) is 10.0 Å². The Hall–Kier alpha value is -2.24. The first kappa shape index (κ1) is 19.1. The largest absolute Gasteiger partial charge is 0.491 e. The molecule has 7 heteroatoms. The molecule has 2 aromatic rings. The SMILES string of the molecule is CC(C)Oc1ccc(/C=N\NC(=O)COc2ccc(Cl)cc2Cl)cc1. The molecular weight excluding hydrogens is 363 g/mol. The average molecular weight is 381 g/mol. The van der Waals surface area contributed by atoms with Crippen LogP contribution >= 0.6 is 23.2 Å². The molecule has 0 unspecified atom stereocenters. The van der Waals surface area contributed by atoms with Crippen LogP contribution in [0.4, 0.5) is 0 Å². The lowest BCUT2D eigenvalue weighted by Crippen LogP contribution is -2.24. The highest BCUT2D eigenvalue weighted by molar-refractivity contribution is 6.35. The van der Waals surface area contributed by atoms with E-state index in [0.717, 1.165) is 11.3 Å². The van der Waals surface area contributed by atoms with Gasteiger partial charge in [-0.25, -0.2) is 5.43 Å². The Kier molecular flexibility index (Phi) is 7.10. The molecule has 0 aliphatic rings. The van der Waals surface area contributed by atoms with Crippen molar-refractivity contribution < 1.29 is 14.3 Å². The number of nitrogens with one attached hydrogen (secondary N) is 1. The van der Waals surface area contributed by atoms with Gasteiger partial charge >= 0.3 is 0 Å². The van der Waals surface area contributed by atoms with E-state index in [1.807, 2.05) is 38.1 Å². The molecule has 0 bridgehead atoms. The molecule has 2 aromatic carbocycles. The Labute approximate surface area is 156 Å². The molecule has 0 spiro atoms. The molecule has 0 saturated carbocycles. The Morgan fingerprint density at radius 2 is 1.92 bits per heavy atom. The summed E-state index contributed by atoms with van der Waals surface area (Å²) in [6.45, 7) is 3.72. The number of hydrogen-bond acceptors (Lipinski definition) is 4. The highest BCUT2D eigenvalue weighted by Crippen LogP contribution is 2.27. The minimum Gasteiger partial charge on any atom is -0.491 e. The Morgan fingerprint density at radius 1 is 1.20 bits per heavy atom. The molecule has 0 aromatic heterocycles. The summed E-state index contributed by atoms with van der Waals surface area (Å²) in [6.07, 6.45) is 1.65. The molecule has 2 rings (SSSR count). The Bertz CT molecular complexity index is 746. The number of rotatable bonds is 7. The molecule has 0 atom stereocenters. The molecule has 0 aliphatic carbocycles. The second kappa shape index (κ2) is 9.30. The van der Waals surface area contributed by atoms with Gasteiger partial charge in [-0.2, -0.15) is 5.10 Å². The van der Waals surface area contributed by atoms with Gasteiger partial charge in [0.2, 0.25) is 0 Å². The van der Waals surface area contributed by atoms with Crippen molar-refractivity contribution in [2.75, 3.05) is 6.61 Å². The number of amides is 1. The molecule has 0 saturated heterocycles. The summed E-state index contributed by atoms with van der Waals surface area (Å²) in [5.41, 5.74) is 3.22. The van der Waals surface area contributed by atoms with Crippen molar-refractivity contribution in [1.82, 2.24) is 5.43 Å². The van der Waals surface area contributed by atoms with Crippen LogP contribution < -0.4 is 14.9 Å². The van der Waals surface area contributed by atoms with Gasteiger partial charge in [0.1, 0.15) is 11.5 Å². The van der Waals surface area contributed by atoms with Gasteiger partial charge in [0, 0.05) is 5.02 Å². The highest BCUT2D eigenvalue weighted by Gasteiger charge is 2.05. The summed E-state index contributed by atoms with van der Waals surface area (Å²) >= 11 is 11.8. The van der Waals surface area contributed by atoms with E-state index in [4.69, 9.17) is 32.7 Å². The molecule has 0 fully saturated rings. The molecular formula is C18H18Cl2N2O3. The fraction of sp³-hybridized carbons (Fsp3) is 0.222. The lowest BCUT2D eigenvalue weighted by Gasteiger charge is -2.09. The van der Waals surface area contributed by atoms with Gasteiger partial charge in [-0.1, -0.05) is 23.2 Å². The standard InChI is InChI=1S/C18H18Cl2N2O3/c1-12(2)25-15-6-3-13(4-7-15)10-21-22-18(23)11-24-17-8-5-14(19)9-16(17)20/h3-10,12H,11H2,1-2H3,(H,22,23)/b21-10-. The van der Waals surface area contributed by atoms with Gasteiger partial charge in [-0.15, -0.1) is 0 Å². The number of carbonyl (C=O) groups is 1. The molecule has 1 N–H and O–H groups in total. The van der Waals surface area contributed by atoms with Crippen molar-refractivity contribution in [3.63, 3.8) is 0 Å². The molecule has 25 heavy (non-hydrogen) atoms. The first-order chi connectivity index (χ1) is 11.9. The van der Waals surface area contributed by atoms with Gasteiger partial charge in [0.05, 0.1) is 17.3 Å². The van der Waals surface area contributed by atoms with Gasteiger partial charge in [-0.3, -0.25) is 4.79 Å². The quantitative estimate of drug-likeness (QED) is 0.574. The summed E-state index contributed by atoms with van der Waals surface area (Å²) in [5.74, 6) is 0.761. The van der Waals surface area contributed by atoms with Gasteiger partial charge in [0.25, 0.3) is 5.91 Å². The molecule has 0 heterocycles. The third-order valence-corrected chi connectivity index (χ3v) is 3.44. The number of hydrogen-bond donors (Lipinski definition) is 1. The zero-order valence-corrected chi connectivity index (χ0v) is 15.3. The van der Waals surface area contributed by atoms with Crippen molar-refractivity contribution in [3.05, 3.63) is 58.1 Å². The Morgan fingerprint density at radius 3 is 2.56 bits per heavy atom. The van der Waals surface area contributed by atoms with Crippen molar-refractivity contribution >= 4 is 35.3 Å². The van der Waals surface area contributed by atoms with Crippen LogP contribution in [0.3, 0.4) is 0 Å². The molecule has 0 radical (unpaired) electrons. The number of halogens is 2. The van der Waals surface area contributed by atoms with E-state index in [1.54, 1.807) is 18.2 Å². The predicted molar refractivity (Wildman–Crippen MR) is 99.9 cm³/mol. The molecule has 1 amide bonds. The molecule has 5 nitrogen and oxygen atoms in total. The molecule has 0 aliphatic heterocycles. The third-order valence-electron chi connectivity index (χ3n) is 2.91. The second-order valence-corrected chi connectivity index (χ2v) is 6.24. The van der Waals surface area contributed by atoms with E-state index >= 15 is 0 Å². The normalized spacial score (nSPS) is 10.9. The minimum absolute atomic E-state index is 0.118. The summed E-state index contributed by atoms with van der Waals surface area (Å²) < 4.78 is 10.9. The van der Waals surface area contributed by atoms with Crippen molar-refractivity contribution in [1.29, 1.82) is 0 Å². The smallest absolute Gasteiger partial charge is 0.277 e. The van der Waals surface area contributed by atoms with Crippen LogP contribution in [0.1, 0.15) is 19.4 Å². The number of hydrazone groups is 1. The number of benzene rings is 2. The Balaban J connectivity index is 1.80. The van der Waals surface area contributed by atoms with E-state index in [9.17, 15) is 4.79 Å². The van der Waals surface area contributed by atoms with E-state index < -0.39 is 5.91 Å². The zero-order valence-electron chi connectivity index (χ0n) is 13.8. The highest BCUT2D eigenvalue weighted by atomic mass is 35.5. The maximum absolute atomic E-state index is 11.7. The van der Waals surface area contributed by atoms with Crippen molar-refractivity contribution in [2.24, 2.45) is 5.10 Å². The molecule has 132 valence electrons. The monoisotopic (exact) mass is 380 g/mol. The summed E-state index contributed by atoms with van der Waals surface area (Å²) in [6, 6.07) is 12.1. The minimum atomic E-state index is -0.401. The van der Waals surface area contributed by atoms with Crippen LogP contribution in [-0.2, 0) is 4.79 Å². The maximum atomic E-state index is 11.7. The number of ether oxygens (including phenoxy) is 2.